The Morgan fingerprint density at radius 3 is 1.49 bits per heavy atom. The van der Waals surface area contributed by atoms with Crippen LogP contribution in [0.2, 0.25) is 0 Å². The molecule has 0 radical (unpaired) electrons. The average molecular weight is 523 g/mol. The van der Waals surface area contributed by atoms with Gasteiger partial charge in [-0.1, -0.05) is 142 Å². The Kier molecular flexibility index (Phi) is 30.7. The highest BCUT2D eigenvalue weighted by atomic mass is 16.5. The normalized spacial score (nSPS) is 12.4. The molecule has 0 aromatic carbocycles. The summed E-state index contributed by atoms with van der Waals surface area (Å²) in [6, 6.07) is 0. The highest BCUT2D eigenvalue weighted by Crippen LogP contribution is 2.14. The van der Waals surface area contributed by atoms with Crippen LogP contribution in [0.15, 0.2) is 12.2 Å². The number of allylic oxidation sites excluding steroid dienone is 2. The highest BCUT2D eigenvalue weighted by Gasteiger charge is 2.06. The lowest BCUT2D eigenvalue weighted by atomic mass is 10.0. The van der Waals surface area contributed by atoms with Crippen molar-refractivity contribution in [3.05, 3.63) is 12.2 Å². The molecule has 0 spiro atoms. The molecule has 0 saturated carbocycles. The first-order chi connectivity index (χ1) is 18.2. The number of aliphatic hydroxyl groups excluding tert-OH is 1. The number of rotatable bonds is 30. The van der Waals surface area contributed by atoms with Gasteiger partial charge in [0, 0.05) is 6.42 Å². The molecule has 0 saturated heterocycles. The van der Waals surface area contributed by atoms with Gasteiger partial charge in [0.2, 0.25) is 0 Å². The number of ether oxygens (including phenoxy) is 1. The van der Waals surface area contributed by atoms with Crippen LogP contribution in [0.5, 0.6) is 0 Å². The second-order valence-corrected chi connectivity index (χ2v) is 11.3. The van der Waals surface area contributed by atoms with E-state index in [1.165, 1.54) is 128 Å². The molecule has 220 valence electrons. The lowest BCUT2D eigenvalue weighted by Gasteiger charge is -2.11. The summed E-state index contributed by atoms with van der Waals surface area (Å²) >= 11 is 0. The molecule has 0 aromatic heterocycles. The molecule has 0 aromatic rings. The van der Waals surface area contributed by atoms with Gasteiger partial charge in [-0.2, -0.15) is 0 Å². The van der Waals surface area contributed by atoms with Gasteiger partial charge in [-0.25, -0.2) is 0 Å². The van der Waals surface area contributed by atoms with Crippen molar-refractivity contribution in [3.8, 4) is 0 Å². The number of unbranched alkanes of at least 4 members (excludes halogenated alkanes) is 20. The predicted octanol–water partition coefficient (Wildman–Crippen LogP) is 11.0. The second kappa shape index (κ2) is 31.4. The summed E-state index contributed by atoms with van der Waals surface area (Å²) in [5, 5.41) is 10.1. The third-order valence-corrected chi connectivity index (χ3v) is 7.48. The lowest BCUT2D eigenvalue weighted by Crippen LogP contribution is -2.10. The summed E-state index contributed by atoms with van der Waals surface area (Å²) in [5.41, 5.74) is 0. The molecule has 0 aliphatic carbocycles. The summed E-state index contributed by atoms with van der Waals surface area (Å²) in [6.45, 7) is 4.99. The Hall–Kier alpha value is -0.830. The van der Waals surface area contributed by atoms with Gasteiger partial charge in [0.1, 0.15) is 0 Å². The van der Waals surface area contributed by atoms with Crippen LogP contribution in [0, 0.1) is 0 Å². The van der Waals surface area contributed by atoms with E-state index in [0.29, 0.717) is 13.0 Å². The van der Waals surface area contributed by atoms with Gasteiger partial charge in [0.25, 0.3) is 0 Å². The molecule has 0 aliphatic rings. The summed E-state index contributed by atoms with van der Waals surface area (Å²) in [7, 11) is 0. The van der Waals surface area contributed by atoms with Crippen molar-refractivity contribution in [3.63, 3.8) is 0 Å². The fraction of sp³-hybridized carbons (Fsp3) is 0.912. The van der Waals surface area contributed by atoms with Crippen LogP contribution in [0.1, 0.15) is 187 Å². The van der Waals surface area contributed by atoms with Gasteiger partial charge in [0.05, 0.1) is 12.7 Å². The number of aliphatic hydroxyl groups is 1. The van der Waals surface area contributed by atoms with E-state index in [-0.39, 0.29) is 12.1 Å². The number of carbonyl (C=O) groups is 1. The van der Waals surface area contributed by atoms with E-state index in [1.54, 1.807) is 0 Å². The van der Waals surface area contributed by atoms with Crippen molar-refractivity contribution in [2.75, 3.05) is 6.61 Å². The number of carbonyl (C=O) groups excluding carboxylic acids is 1. The maximum absolute atomic E-state index is 11.9. The molecule has 0 amide bonds. The minimum Gasteiger partial charge on any atom is -0.466 e. The molecule has 0 aliphatic heterocycles. The maximum atomic E-state index is 11.9. The summed E-state index contributed by atoms with van der Waals surface area (Å²) in [4.78, 5) is 11.9. The Morgan fingerprint density at radius 1 is 0.568 bits per heavy atom. The van der Waals surface area contributed by atoms with Crippen molar-refractivity contribution < 1.29 is 14.6 Å². The van der Waals surface area contributed by atoms with Crippen LogP contribution < -0.4 is 0 Å². The third kappa shape index (κ3) is 31.3. The van der Waals surface area contributed by atoms with Crippen molar-refractivity contribution in [2.24, 2.45) is 0 Å². The van der Waals surface area contributed by atoms with Crippen LogP contribution in [-0.2, 0) is 9.53 Å². The van der Waals surface area contributed by atoms with Gasteiger partial charge < -0.3 is 9.84 Å². The van der Waals surface area contributed by atoms with Gasteiger partial charge in [-0.3, -0.25) is 4.79 Å². The smallest absolute Gasteiger partial charge is 0.305 e. The van der Waals surface area contributed by atoms with Crippen molar-refractivity contribution in [2.45, 2.75) is 193 Å². The first-order valence-electron chi connectivity index (χ1n) is 16.7. The fourth-order valence-electron chi connectivity index (χ4n) is 4.93. The van der Waals surface area contributed by atoms with Gasteiger partial charge >= 0.3 is 5.97 Å². The standard InChI is InChI=1S/C34H66O3/c1-3-5-7-9-11-13-15-16-17-18-19-21-23-25-27-31-34(36)37-32-28-30-33(35)29-26-24-22-20-14-12-10-8-6-4-2/h16-17,33,35H,3-15,18-32H2,1-2H3/b17-16-. The Labute approximate surface area is 232 Å². The third-order valence-electron chi connectivity index (χ3n) is 7.48. The Bertz CT molecular complexity index is 474. The molecule has 3 heteroatoms. The quantitative estimate of drug-likeness (QED) is 0.0579. The SMILES string of the molecule is CCCCCCCC/C=C\CCCCCCCC(=O)OCCCC(O)CCCCCCCCCCCC. The molecule has 1 unspecified atom stereocenters. The van der Waals surface area contributed by atoms with E-state index in [0.717, 1.165) is 38.5 Å². The Balaban J connectivity index is 3.31. The van der Waals surface area contributed by atoms with Gasteiger partial charge in [-0.05, 0) is 51.4 Å². The maximum Gasteiger partial charge on any atom is 0.305 e. The monoisotopic (exact) mass is 523 g/mol. The van der Waals surface area contributed by atoms with Crippen molar-refractivity contribution in [1.82, 2.24) is 0 Å². The first kappa shape index (κ1) is 36.2. The molecule has 1 atom stereocenters. The van der Waals surface area contributed by atoms with E-state index in [1.807, 2.05) is 0 Å². The zero-order valence-electron chi connectivity index (χ0n) is 25.3. The summed E-state index contributed by atoms with van der Waals surface area (Å²) in [6.07, 6.45) is 37.2. The van der Waals surface area contributed by atoms with Gasteiger partial charge in [0.15, 0.2) is 0 Å². The van der Waals surface area contributed by atoms with Crippen molar-refractivity contribution in [1.29, 1.82) is 0 Å². The lowest BCUT2D eigenvalue weighted by molar-refractivity contribution is -0.144. The van der Waals surface area contributed by atoms with E-state index in [9.17, 15) is 9.90 Å². The van der Waals surface area contributed by atoms with Crippen LogP contribution in [0.4, 0.5) is 0 Å². The van der Waals surface area contributed by atoms with Crippen LogP contribution in [-0.4, -0.2) is 23.8 Å². The minimum atomic E-state index is -0.238. The zero-order valence-corrected chi connectivity index (χ0v) is 25.3. The second-order valence-electron chi connectivity index (χ2n) is 11.3. The molecule has 0 heterocycles. The van der Waals surface area contributed by atoms with E-state index < -0.39 is 0 Å². The fourth-order valence-corrected chi connectivity index (χ4v) is 4.93. The number of esters is 1. The molecule has 37 heavy (non-hydrogen) atoms. The minimum absolute atomic E-state index is 0.0678. The molecule has 3 nitrogen and oxygen atoms in total. The number of hydrogen-bond acceptors (Lipinski definition) is 3. The summed E-state index contributed by atoms with van der Waals surface area (Å²) < 4.78 is 5.36. The Morgan fingerprint density at radius 2 is 0.973 bits per heavy atom. The van der Waals surface area contributed by atoms with E-state index in [2.05, 4.69) is 26.0 Å². The molecule has 0 bridgehead atoms. The molecule has 1 N–H and O–H groups in total. The zero-order chi connectivity index (χ0) is 27.1. The average Bonchev–Trinajstić information content (AvgIpc) is 2.90. The molecule has 0 rings (SSSR count). The van der Waals surface area contributed by atoms with E-state index >= 15 is 0 Å². The van der Waals surface area contributed by atoms with Crippen LogP contribution in [0.25, 0.3) is 0 Å². The highest BCUT2D eigenvalue weighted by molar-refractivity contribution is 5.69. The largest absolute Gasteiger partial charge is 0.466 e. The molecular formula is C34H66O3. The van der Waals surface area contributed by atoms with Gasteiger partial charge in [-0.15, -0.1) is 0 Å². The molecule has 0 fully saturated rings. The topological polar surface area (TPSA) is 46.5 Å². The van der Waals surface area contributed by atoms with Crippen LogP contribution >= 0.6 is 0 Å². The number of hydrogen-bond donors (Lipinski definition) is 1. The van der Waals surface area contributed by atoms with Crippen molar-refractivity contribution >= 4 is 5.97 Å². The first-order valence-corrected chi connectivity index (χ1v) is 16.7. The van der Waals surface area contributed by atoms with Crippen LogP contribution in [0.3, 0.4) is 0 Å². The summed E-state index contributed by atoms with van der Waals surface area (Å²) in [5.74, 6) is -0.0678. The predicted molar refractivity (Wildman–Crippen MR) is 162 cm³/mol. The van der Waals surface area contributed by atoms with E-state index in [4.69, 9.17) is 4.74 Å². The molecular weight excluding hydrogens is 456 g/mol.